The summed E-state index contributed by atoms with van der Waals surface area (Å²) in [4.78, 5) is 49.5. The molecule has 1 N–H and O–H groups in total. The third-order valence-corrected chi connectivity index (χ3v) is 12.0. The summed E-state index contributed by atoms with van der Waals surface area (Å²) in [6.45, 7) is 14.1. The summed E-state index contributed by atoms with van der Waals surface area (Å²) in [6, 6.07) is 15.5. The Morgan fingerprint density at radius 3 is 2.43 bits per heavy atom. The van der Waals surface area contributed by atoms with Gasteiger partial charge in [0.25, 0.3) is 0 Å². The number of thioether (sulfide) groups is 1. The number of aliphatic hydroxyl groups excluding tert-OH is 1. The van der Waals surface area contributed by atoms with Crippen LogP contribution in [0.5, 0.6) is 0 Å². The highest BCUT2D eigenvalue weighted by atomic mass is 32.2. The predicted octanol–water partition coefficient (Wildman–Crippen LogP) is 4.12. The van der Waals surface area contributed by atoms with E-state index >= 15 is 0 Å². The van der Waals surface area contributed by atoms with Crippen molar-refractivity contribution in [3.05, 3.63) is 79.9 Å². The van der Waals surface area contributed by atoms with Crippen LogP contribution < -0.4 is 4.90 Å². The standard InChI is InChI=1S/C35H42N6O4S/c1-6-19-38(22-40-26-16-12-11-15-25(26)36-37-40)33(45)30-35-18-17-34(5,46-35)28(29(35)32(44)41(30)27(21-42)23(3)4)31(43)39(20-7-2)24-13-9-8-10-14-24/h6-16,23,27-30,42H,1-2,17-22H2,3-5H3/t27-,28-,29-,30?,34+,35?/m0/s1. The fraction of sp³-hybridized carbons (Fsp3) is 0.457. The van der Waals surface area contributed by atoms with Gasteiger partial charge in [0.05, 0.1) is 34.7 Å². The number of aromatic nitrogens is 3. The van der Waals surface area contributed by atoms with E-state index in [-0.39, 0.29) is 43.5 Å². The van der Waals surface area contributed by atoms with Gasteiger partial charge in [-0.25, -0.2) is 4.68 Å². The molecule has 6 rings (SSSR count). The highest BCUT2D eigenvalue weighted by Crippen LogP contribution is 2.72. The molecule has 242 valence electrons. The van der Waals surface area contributed by atoms with Crippen molar-refractivity contribution in [3.63, 3.8) is 0 Å². The van der Waals surface area contributed by atoms with Gasteiger partial charge in [0.15, 0.2) is 0 Å². The quantitative estimate of drug-likeness (QED) is 0.296. The second kappa shape index (κ2) is 12.3. The summed E-state index contributed by atoms with van der Waals surface area (Å²) in [5.74, 6) is -2.13. The third-order valence-electron chi connectivity index (χ3n) is 10.1. The van der Waals surface area contributed by atoms with Gasteiger partial charge < -0.3 is 19.8 Å². The average molecular weight is 643 g/mol. The van der Waals surface area contributed by atoms with Crippen molar-refractivity contribution < 1.29 is 19.5 Å². The summed E-state index contributed by atoms with van der Waals surface area (Å²) in [5, 5.41) is 19.2. The first-order valence-corrected chi connectivity index (χ1v) is 16.7. The van der Waals surface area contributed by atoms with Gasteiger partial charge in [0, 0.05) is 23.5 Å². The molecule has 3 aliphatic heterocycles. The lowest BCUT2D eigenvalue weighted by atomic mass is 9.66. The number of hydrogen-bond acceptors (Lipinski definition) is 7. The molecule has 3 aromatic rings. The number of carbonyl (C=O) groups excluding carboxylic acids is 3. The van der Waals surface area contributed by atoms with E-state index in [9.17, 15) is 19.5 Å². The molecule has 0 aliphatic carbocycles. The minimum atomic E-state index is -0.881. The summed E-state index contributed by atoms with van der Waals surface area (Å²) in [7, 11) is 0. The SMILES string of the molecule is C=CCN(Cn1nnc2ccccc21)C(=O)C1N([C@@H](CO)C(C)C)C(=O)[C@@H]2[C@@H](C(=O)N(CC=C)c3ccccc3)[C@@]3(C)CCC12S3. The van der Waals surface area contributed by atoms with Gasteiger partial charge in [0.2, 0.25) is 17.7 Å². The number of para-hydroxylation sites is 2. The maximum atomic E-state index is 15.0. The first kappa shape index (κ1) is 32.0. The van der Waals surface area contributed by atoms with Gasteiger partial charge in [0.1, 0.15) is 18.2 Å². The highest BCUT2D eigenvalue weighted by molar-refractivity contribution is 8.02. The molecule has 2 bridgehead atoms. The molecule has 6 atom stereocenters. The molecule has 3 aliphatic rings. The molecule has 11 heteroatoms. The van der Waals surface area contributed by atoms with E-state index in [1.807, 2.05) is 68.4 Å². The number of fused-ring (bicyclic) bond motifs is 2. The second-order valence-electron chi connectivity index (χ2n) is 13.1. The van der Waals surface area contributed by atoms with E-state index in [4.69, 9.17) is 0 Å². The zero-order valence-corrected chi connectivity index (χ0v) is 27.5. The first-order valence-electron chi connectivity index (χ1n) is 15.9. The summed E-state index contributed by atoms with van der Waals surface area (Å²) < 4.78 is 0.291. The fourth-order valence-corrected chi connectivity index (χ4v) is 10.3. The van der Waals surface area contributed by atoms with Gasteiger partial charge in [-0.3, -0.25) is 14.4 Å². The van der Waals surface area contributed by atoms with Crippen LogP contribution in [0.2, 0.25) is 0 Å². The van der Waals surface area contributed by atoms with E-state index < -0.39 is 33.4 Å². The molecule has 0 saturated carbocycles. The number of likely N-dealkylation sites (tertiary alicyclic amines) is 1. The lowest BCUT2D eigenvalue weighted by Gasteiger charge is -2.40. The van der Waals surface area contributed by atoms with Crippen LogP contribution in [0, 0.1) is 17.8 Å². The van der Waals surface area contributed by atoms with Gasteiger partial charge in [-0.2, -0.15) is 0 Å². The third kappa shape index (κ3) is 4.95. The fourth-order valence-electron chi connectivity index (χ4n) is 7.95. The molecule has 3 fully saturated rings. The van der Waals surface area contributed by atoms with E-state index in [0.29, 0.717) is 24.9 Å². The summed E-state index contributed by atoms with van der Waals surface area (Å²) in [6.07, 6.45) is 4.66. The molecule has 4 heterocycles. The molecule has 3 saturated heterocycles. The summed E-state index contributed by atoms with van der Waals surface area (Å²) in [5.41, 5.74) is 2.24. The molecule has 1 spiro atoms. The number of anilines is 1. The zero-order chi connectivity index (χ0) is 32.8. The largest absolute Gasteiger partial charge is 0.394 e. The molecule has 2 aromatic carbocycles. The number of hydrogen-bond donors (Lipinski definition) is 1. The Kier molecular flexibility index (Phi) is 8.58. The molecule has 10 nitrogen and oxygen atoms in total. The van der Waals surface area contributed by atoms with Crippen LogP contribution in [0.25, 0.3) is 11.0 Å². The Hall–Kier alpha value is -3.96. The number of amides is 3. The minimum absolute atomic E-state index is 0.113. The van der Waals surface area contributed by atoms with Crippen molar-refractivity contribution >= 4 is 46.2 Å². The van der Waals surface area contributed by atoms with Crippen molar-refractivity contribution in [2.45, 2.75) is 61.9 Å². The molecule has 0 radical (unpaired) electrons. The van der Waals surface area contributed by atoms with Crippen molar-refractivity contribution in [1.29, 1.82) is 0 Å². The topological polar surface area (TPSA) is 112 Å². The van der Waals surface area contributed by atoms with E-state index in [1.165, 1.54) is 0 Å². The van der Waals surface area contributed by atoms with Gasteiger partial charge in [-0.05, 0) is 49.9 Å². The van der Waals surface area contributed by atoms with E-state index in [2.05, 4.69) is 30.4 Å². The first-order chi connectivity index (χ1) is 22.1. The van der Waals surface area contributed by atoms with Crippen LogP contribution in [0.1, 0.15) is 33.6 Å². The number of carbonyl (C=O) groups is 3. The monoisotopic (exact) mass is 642 g/mol. The van der Waals surface area contributed by atoms with Crippen molar-refractivity contribution in [1.82, 2.24) is 24.8 Å². The normalized spacial score (nSPS) is 27.2. The van der Waals surface area contributed by atoms with Crippen LogP contribution in [-0.2, 0) is 21.1 Å². The highest BCUT2D eigenvalue weighted by Gasteiger charge is 2.78. The maximum Gasteiger partial charge on any atom is 0.248 e. The van der Waals surface area contributed by atoms with Gasteiger partial charge >= 0.3 is 0 Å². The second-order valence-corrected chi connectivity index (χ2v) is 15.0. The minimum Gasteiger partial charge on any atom is -0.394 e. The predicted molar refractivity (Wildman–Crippen MR) is 180 cm³/mol. The zero-order valence-electron chi connectivity index (χ0n) is 26.7. The van der Waals surface area contributed by atoms with Crippen molar-refractivity contribution in [2.75, 3.05) is 24.6 Å². The number of rotatable bonds is 12. The average Bonchev–Trinajstić information content (AvgIpc) is 3.75. The number of nitrogens with zero attached hydrogens (tertiary/aromatic N) is 6. The smallest absolute Gasteiger partial charge is 0.248 e. The lowest BCUT2D eigenvalue weighted by molar-refractivity contribution is -0.147. The number of benzene rings is 2. The Morgan fingerprint density at radius 1 is 1.07 bits per heavy atom. The van der Waals surface area contributed by atoms with Crippen LogP contribution >= 0.6 is 11.8 Å². The maximum absolute atomic E-state index is 15.0. The molecule has 1 aromatic heterocycles. The Bertz CT molecular complexity index is 1660. The number of aliphatic hydroxyl groups is 1. The Labute approximate surface area is 274 Å². The molecular formula is C35H42N6O4S. The molecule has 3 amide bonds. The van der Waals surface area contributed by atoms with Crippen LogP contribution in [0.15, 0.2) is 79.9 Å². The van der Waals surface area contributed by atoms with E-state index in [0.717, 1.165) is 11.2 Å². The molecular weight excluding hydrogens is 600 g/mol. The van der Waals surface area contributed by atoms with Crippen LogP contribution in [0.3, 0.4) is 0 Å². The Balaban J connectivity index is 1.44. The van der Waals surface area contributed by atoms with E-state index in [1.54, 1.807) is 43.3 Å². The van der Waals surface area contributed by atoms with Crippen LogP contribution in [0.4, 0.5) is 5.69 Å². The van der Waals surface area contributed by atoms with Crippen LogP contribution in [-0.4, -0.2) is 88.9 Å². The van der Waals surface area contributed by atoms with Crippen molar-refractivity contribution in [2.24, 2.45) is 17.8 Å². The van der Waals surface area contributed by atoms with Gasteiger partial charge in [-0.1, -0.05) is 61.5 Å². The van der Waals surface area contributed by atoms with Gasteiger partial charge in [-0.15, -0.1) is 30.0 Å². The molecule has 46 heavy (non-hydrogen) atoms. The summed E-state index contributed by atoms with van der Waals surface area (Å²) >= 11 is 1.62. The lowest BCUT2D eigenvalue weighted by Crippen LogP contribution is -2.58. The Morgan fingerprint density at radius 2 is 1.76 bits per heavy atom. The molecule has 2 unspecified atom stereocenters. The van der Waals surface area contributed by atoms with Crippen molar-refractivity contribution in [3.8, 4) is 0 Å².